The van der Waals surface area contributed by atoms with E-state index in [1.807, 2.05) is 35.5 Å². The Kier molecular flexibility index (Phi) is 8.95. The summed E-state index contributed by atoms with van der Waals surface area (Å²) in [5.41, 5.74) is 3.16. The third-order valence-electron chi connectivity index (χ3n) is 6.87. The second kappa shape index (κ2) is 12.5. The van der Waals surface area contributed by atoms with Crippen molar-refractivity contribution in [3.8, 4) is 0 Å². The Hall–Kier alpha value is -3.13. The summed E-state index contributed by atoms with van der Waals surface area (Å²) in [4.78, 5) is 34.8. The zero-order valence-corrected chi connectivity index (χ0v) is 20.7. The number of piperazine rings is 1. The van der Waals surface area contributed by atoms with Gasteiger partial charge < -0.3 is 24.8 Å². The molecule has 2 aromatic rings. The van der Waals surface area contributed by atoms with Crippen molar-refractivity contribution in [2.24, 2.45) is 0 Å². The van der Waals surface area contributed by atoms with Gasteiger partial charge in [0.25, 0.3) is 5.91 Å². The molecule has 0 unspecified atom stereocenters. The van der Waals surface area contributed by atoms with Crippen LogP contribution in [0.4, 0.5) is 10.5 Å². The van der Waals surface area contributed by atoms with Gasteiger partial charge in [0, 0.05) is 69.0 Å². The summed E-state index contributed by atoms with van der Waals surface area (Å²) in [5, 5.41) is 3.71. The number of pyridine rings is 1. The normalized spacial score (nSPS) is 16.9. The summed E-state index contributed by atoms with van der Waals surface area (Å²) in [7, 11) is 0. The largest absolute Gasteiger partial charge is 0.450 e. The highest BCUT2D eigenvalue weighted by atomic mass is 16.6. The zero-order valence-electron chi connectivity index (χ0n) is 20.7. The number of benzene rings is 1. The van der Waals surface area contributed by atoms with E-state index < -0.39 is 0 Å². The van der Waals surface area contributed by atoms with Crippen LogP contribution in [0.15, 0.2) is 48.8 Å². The molecule has 0 spiro atoms. The van der Waals surface area contributed by atoms with Crippen LogP contribution in [0.3, 0.4) is 0 Å². The Morgan fingerprint density at radius 2 is 1.71 bits per heavy atom. The second-order valence-corrected chi connectivity index (χ2v) is 9.21. The van der Waals surface area contributed by atoms with Crippen LogP contribution in [0.1, 0.15) is 42.1 Å². The molecule has 1 aromatic carbocycles. The van der Waals surface area contributed by atoms with E-state index in [0.717, 1.165) is 45.3 Å². The van der Waals surface area contributed by atoms with Gasteiger partial charge in [-0.3, -0.25) is 9.78 Å². The molecule has 0 atom stereocenters. The van der Waals surface area contributed by atoms with Crippen molar-refractivity contribution in [1.82, 2.24) is 20.1 Å². The lowest BCUT2D eigenvalue weighted by Crippen LogP contribution is -2.50. The molecular weight excluding hydrogens is 442 g/mol. The number of carbonyl (C=O) groups is 2. The van der Waals surface area contributed by atoms with Gasteiger partial charge in [0.1, 0.15) is 0 Å². The van der Waals surface area contributed by atoms with E-state index in [2.05, 4.69) is 33.4 Å². The van der Waals surface area contributed by atoms with Crippen LogP contribution in [0.25, 0.3) is 0 Å². The average molecular weight is 480 g/mol. The smallest absolute Gasteiger partial charge is 0.409 e. The zero-order chi connectivity index (χ0) is 24.5. The highest BCUT2D eigenvalue weighted by molar-refractivity contribution is 5.94. The van der Waals surface area contributed by atoms with Gasteiger partial charge in [-0.1, -0.05) is 6.07 Å². The molecule has 35 heavy (non-hydrogen) atoms. The van der Waals surface area contributed by atoms with E-state index >= 15 is 0 Å². The lowest BCUT2D eigenvalue weighted by Gasteiger charge is -2.35. The fraction of sp³-hybridized carbons (Fsp3) is 0.519. The molecule has 2 amide bonds. The van der Waals surface area contributed by atoms with Crippen molar-refractivity contribution in [2.75, 3.05) is 57.3 Å². The molecule has 8 nitrogen and oxygen atoms in total. The van der Waals surface area contributed by atoms with E-state index in [9.17, 15) is 9.59 Å². The van der Waals surface area contributed by atoms with Crippen LogP contribution in [-0.4, -0.2) is 85.2 Å². The predicted molar refractivity (Wildman–Crippen MR) is 137 cm³/mol. The molecular formula is C27H37N5O3. The molecule has 1 aromatic heterocycles. The van der Waals surface area contributed by atoms with E-state index in [0.29, 0.717) is 44.4 Å². The molecule has 0 aliphatic carbocycles. The Balaban J connectivity index is 1.17. The maximum absolute atomic E-state index is 12.9. The van der Waals surface area contributed by atoms with Crippen molar-refractivity contribution >= 4 is 17.7 Å². The standard InChI is InChI=1S/C27H37N5O3/c1-2-35-27(34)32-19-17-31(18-20-32)26(33)23-7-9-25(10-8-23)30-15-11-24(12-16-30)29-14-4-6-22-5-3-13-28-21-22/h3,5,7-10,13,21,24,29H,2,4,6,11-12,14-20H2,1H3. The first-order valence-electron chi connectivity index (χ1n) is 12.8. The minimum absolute atomic E-state index is 0.0225. The number of rotatable bonds is 8. The predicted octanol–water partition coefficient (Wildman–Crippen LogP) is 3.19. The Morgan fingerprint density at radius 1 is 1.00 bits per heavy atom. The lowest BCUT2D eigenvalue weighted by atomic mass is 10.0. The highest BCUT2D eigenvalue weighted by Gasteiger charge is 2.26. The van der Waals surface area contributed by atoms with E-state index in [-0.39, 0.29) is 12.0 Å². The molecule has 8 heteroatoms. The minimum atomic E-state index is -0.298. The van der Waals surface area contributed by atoms with Crippen molar-refractivity contribution in [3.63, 3.8) is 0 Å². The summed E-state index contributed by atoms with van der Waals surface area (Å²) >= 11 is 0. The van der Waals surface area contributed by atoms with Gasteiger partial charge in [0.2, 0.25) is 0 Å². The monoisotopic (exact) mass is 479 g/mol. The number of piperidine rings is 1. The van der Waals surface area contributed by atoms with Crippen LogP contribution >= 0.6 is 0 Å². The lowest BCUT2D eigenvalue weighted by molar-refractivity contribution is 0.0570. The number of hydrogen-bond acceptors (Lipinski definition) is 6. The van der Waals surface area contributed by atoms with Gasteiger partial charge in [-0.05, 0) is 75.0 Å². The molecule has 3 heterocycles. The van der Waals surface area contributed by atoms with E-state index in [1.165, 1.54) is 11.3 Å². The summed E-state index contributed by atoms with van der Waals surface area (Å²) in [5.74, 6) is 0.0225. The molecule has 188 valence electrons. The maximum Gasteiger partial charge on any atom is 0.409 e. The third kappa shape index (κ3) is 6.94. The number of carbonyl (C=O) groups excluding carboxylic acids is 2. The van der Waals surface area contributed by atoms with Crippen molar-refractivity contribution in [1.29, 1.82) is 0 Å². The molecule has 2 fully saturated rings. The molecule has 2 saturated heterocycles. The van der Waals surface area contributed by atoms with Gasteiger partial charge in [0.15, 0.2) is 0 Å². The number of nitrogens with one attached hydrogen (secondary N) is 1. The quantitative estimate of drug-likeness (QED) is 0.586. The number of amides is 2. The molecule has 0 saturated carbocycles. The van der Waals surface area contributed by atoms with Crippen LogP contribution in [0, 0.1) is 0 Å². The van der Waals surface area contributed by atoms with Crippen molar-refractivity contribution in [2.45, 2.75) is 38.6 Å². The fourth-order valence-electron chi connectivity index (χ4n) is 4.79. The number of hydrogen-bond donors (Lipinski definition) is 1. The summed E-state index contributed by atoms with van der Waals surface area (Å²) < 4.78 is 5.05. The van der Waals surface area contributed by atoms with Crippen molar-refractivity contribution in [3.05, 3.63) is 59.9 Å². The Morgan fingerprint density at radius 3 is 2.37 bits per heavy atom. The first kappa shape index (κ1) is 25.0. The average Bonchev–Trinajstić information content (AvgIpc) is 2.92. The van der Waals surface area contributed by atoms with Crippen LogP contribution in [-0.2, 0) is 11.2 Å². The maximum atomic E-state index is 12.9. The Bertz CT molecular complexity index is 937. The first-order valence-corrected chi connectivity index (χ1v) is 12.8. The van der Waals surface area contributed by atoms with Crippen molar-refractivity contribution < 1.29 is 14.3 Å². The summed E-state index contributed by atoms with van der Waals surface area (Å²) in [6, 6.07) is 12.7. The van der Waals surface area contributed by atoms with Crippen LogP contribution in [0.5, 0.6) is 0 Å². The fourth-order valence-corrected chi connectivity index (χ4v) is 4.79. The molecule has 0 bridgehead atoms. The molecule has 0 radical (unpaired) electrons. The molecule has 2 aliphatic rings. The minimum Gasteiger partial charge on any atom is -0.450 e. The van der Waals surface area contributed by atoms with Gasteiger partial charge in [-0.25, -0.2) is 4.79 Å². The highest BCUT2D eigenvalue weighted by Crippen LogP contribution is 2.21. The van der Waals surface area contributed by atoms with Gasteiger partial charge in [0.05, 0.1) is 6.61 Å². The molecule has 2 aliphatic heterocycles. The van der Waals surface area contributed by atoms with E-state index in [1.54, 1.807) is 11.8 Å². The SMILES string of the molecule is CCOC(=O)N1CCN(C(=O)c2ccc(N3CCC(NCCCc4cccnc4)CC3)cc2)CC1. The third-order valence-corrected chi connectivity index (χ3v) is 6.87. The number of anilines is 1. The first-order chi connectivity index (χ1) is 17.1. The Labute approximate surface area is 208 Å². The number of ether oxygens (including phenoxy) is 1. The van der Waals surface area contributed by atoms with Crippen LogP contribution < -0.4 is 10.2 Å². The van der Waals surface area contributed by atoms with E-state index in [4.69, 9.17) is 4.74 Å². The van der Waals surface area contributed by atoms with Gasteiger partial charge in [-0.2, -0.15) is 0 Å². The molecule has 1 N–H and O–H groups in total. The topological polar surface area (TPSA) is 78.0 Å². The number of nitrogens with zero attached hydrogens (tertiary/aromatic N) is 4. The van der Waals surface area contributed by atoms with Crippen LogP contribution in [0.2, 0.25) is 0 Å². The molecule has 4 rings (SSSR count). The number of aryl methyl sites for hydroxylation is 1. The summed E-state index contributed by atoms with van der Waals surface area (Å²) in [6.07, 6.45) is 7.90. The summed E-state index contributed by atoms with van der Waals surface area (Å²) in [6.45, 7) is 7.31. The van der Waals surface area contributed by atoms with Gasteiger partial charge >= 0.3 is 6.09 Å². The number of aromatic nitrogens is 1. The van der Waals surface area contributed by atoms with Gasteiger partial charge in [-0.15, -0.1) is 0 Å². The second-order valence-electron chi connectivity index (χ2n) is 9.21.